The van der Waals surface area contributed by atoms with Gasteiger partial charge in [0.25, 0.3) is 0 Å². The number of carboxylic acid groups (broad SMARTS) is 1. The van der Waals surface area contributed by atoms with E-state index in [1.165, 1.54) is 6.07 Å². The number of nitrogens with zero attached hydrogens (tertiary/aromatic N) is 2. The van der Waals surface area contributed by atoms with Gasteiger partial charge in [0.15, 0.2) is 5.75 Å². The van der Waals surface area contributed by atoms with Crippen molar-refractivity contribution in [3.8, 4) is 5.75 Å². The van der Waals surface area contributed by atoms with E-state index < -0.39 is 24.0 Å². The maximum absolute atomic E-state index is 12.7. The molecule has 0 spiro atoms. The third-order valence-corrected chi connectivity index (χ3v) is 5.86. The lowest BCUT2D eigenvalue weighted by Gasteiger charge is -2.47. The molecule has 10 heteroatoms. The number of para-hydroxylation sites is 1. The summed E-state index contributed by atoms with van der Waals surface area (Å²) in [5, 5.41) is 12.9. The summed E-state index contributed by atoms with van der Waals surface area (Å²) in [6.07, 6.45) is -1.32. The minimum absolute atomic E-state index is 0.0766. The molecular formula is C18H17ClF3N3O3. The number of halogens is 4. The SMILES string of the molecule is O=C(O)C1C2CCC(CC2)C1Nc1nc(Cl)nc2c(OC(F)(F)F)cccc12. The number of aliphatic carboxylic acids is 1. The Morgan fingerprint density at radius 3 is 2.50 bits per heavy atom. The summed E-state index contributed by atoms with van der Waals surface area (Å²) in [6, 6.07) is 3.72. The summed E-state index contributed by atoms with van der Waals surface area (Å²) in [4.78, 5) is 19.9. The molecular weight excluding hydrogens is 399 g/mol. The molecule has 1 aromatic carbocycles. The van der Waals surface area contributed by atoms with Crippen molar-refractivity contribution in [3.63, 3.8) is 0 Å². The van der Waals surface area contributed by atoms with Crippen molar-refractivity contribution in [3.05, 3.63) is 23.5 Å². The van der Waals surface area contributed by atoms with Crippen molar-refractivity contribution in [2.45, 2.75) is 38.1 Å². The topological polar surface area (TPSA) is 84.3 Å². The lowest BCUT2D eigenvalue weighted by molar-refractivity contribution is -0.274. The molecule has 2 N–H and O–H groups in total. The van der Waals surface area contributed by atoms with Crippen molar-refractivity contribution in [1.82, 2.24) is 9.97 Å². The number of anilines is 1. The zero-order chi connectivity index (χ0) is 20.1. The van der Waals surface area contributed by atoms with Crippen LogP contribution in [-0.4, -0.2) is 33.4 Å². The largest absolute Gasteiger partial charge is 0.573 e. The molecule has 2 unspecified atom stereocenters. The number of benzene rings is 1. The van der Waals surface area contributed by atoms with Crippen LogP contribution in [0.3, 0.4) is 0 Å². The number of nitrogens with one attached hydrogen (secondary N) is 1. The molecule has 0 saturated heterocycles. The molecule has 2 atom stereocenters. The van der Waals surface area contributed by atoms with Gasteiger partial charge in [0, 0.05) is 11.4 Å². The number of rotatable bonds is 4. The summed E-state index contributed by atoms with van der Waals surface area (Å²) < 4.78 is 42.2. The van der Waals surface area contributed by atoms with Gasteiger partial charge in [0.1, 0.15) is 11.3 Å². The monoisotopic (exact) mass is 415 g/mol. The van der Waals surface area contributed by atoms with Gasteiger partial charge in [-0.2, -0.15) is 0 Å². The van der Waals surface area contributed by atoms with Crippen LogP contribution in [0.15, 0.2) is 18.2 Å². The first-order chi connectivity index (χ1) is 13.2. The van der Waals surface area contributed by atoms with Crippen molar-refractivity contribution in [2.75, 3.05) is 5.32 Å². The van der Waals surface area contributed by atoms with E-state index >= 15 is 0 Å². The molecule has 2 aromatic rings. The zero-order valence-electron chi connectivity index (χ0n) is 14.5. The highest BCUT2D eigenvalue weighted by Gasteiger charge is 2.47. The van der Waals surface area contributed by atoms with Crippen molar-refractivity contribution >= 4 is 34.3 Å². The molecule has 0 amide bonds. The second-order valence-electron chi connectivity index (χ2n) is 7.25. The Labute approximate surface area is 163 Å². The number of hydrogen-bond donors (Lipinski definition) is 2. The van der Waals surface area contributed by atoms with Gasteiger partial charge in [-0.25, -0.2) is 9.97 Å². The highest BCUT2D eigenvalue weighted by molar-refractivity contribution is 6.29. The number of ether oxygens (including phenoxy) is 1. The van der Waals surface area contributed by atoms with Gasteiger partial charge in [0.05, 0.1) is 5.92 Å². The number of aromatic nitrogens is 2. The Morgan fingerprint density at radius 1 is 1.18 bits per heavy atom. The first-order valence-electron chi connectivity index (χ1n) is 8.94. The maximum Gasteiger partial charge on any atom is 0.573 e. The van der Waals surface area contributed by atoms with E-state index in [1.54, 1.807) is 6.07 Å². The quantitative estimate of drug-likeness (QED) is 0.716. The van der Waals surface area contributed by atoms with Gasteiger partial charge < -0.3 is 15.2 Å². The fourth-order valence-electron chi connectivity index (χ4n) is 4.59. The Morgan fingerprint density at radius 2 is 1.86 bits per heavy atom. The van der Waals surface area contributed by atoms with E-state index in [0.717, 1.165) is 31.7 Å². The Balaban J connectivity index is 1.74. The van der Waals surface area contributed by atoms with Gasteiger partial charge in [-0.05, 0) is 61.3 Å². The first-order valence-corrected chi connectivity index (χ1v) is 9.32. The molecule has 3 saturated carbocycles. The van der Waals surface area contributed by atoms with Crippen LogP contribution in [0.1, 0.15) is 25.7 Å². The third-order valence-electron chi connectivity index (χ3n) is 5.70. The van der Waals surface area contributed by atoms with Crippen LogP contribution in [0.25, 0.3) is 10.9 Å². The molecule has 3 fully saturated rings. The van der Waals surface area contributed by atoms with Crippen molar-refractivity contribution in [1.29, 1.82) is 0 Å². The predicted molar refractivity (Wildman–Crippen MR) is 95.2 cm³/mol. The van der Waals surface area contributed by atoms with E-state index in [-0.39, 0.29) is 39.9 Å². The molecule has 3 aliphatic rings. The zero-order valence-corrected chi connectivity index (χ0v) is 15.3. The van der Waals surface area contributed by atoms with Gasteiger partial charge in [-0.15, -0.1) is 13.2 Å². The molecule has 28 heavy (non-hydrogen) atoms. The van der Waals surface area contributed by atoms with E-state index in [2.05, 4.69) is 20.0 Å². The van der Waals surface area contributed by atoms with Crippen molar-refractivity contribution in [2.24, 2.45) is 17.8 Å². The molecule has 0 aliphatic heterocycles. The van der Waals surface area contributed by atoms with Gasteiger partial charge in [-0.1, -0.05) is 6.07 Å². The highest BCUT2D eigenvalue weighted by Crippen LogP contribution is 2.47. The molecule has 5 rings (SSSR count). The van der Waals surface area contributed by atoms with Crippen LogP contribution in [0.2, 0.25) is 5.28 Å². The first kappa shape index (κ1) is 19.0. The summed E-state index contributed by atoms with van der Waals surface area (Å²) in [6.45, 7) is 0. The average molecular weight is 416 g/mol. The normalized spacial score (nSPS) is 27.0. The minimum atomic E-state index is -4.88. The van der Waals surface area contributed by atoms with E-state index in [4.69, 9.17) is 11.6 Å². The molecule has 6 nitrogen and oxygen atoms in total. The average Bonchev–Trinajstić information content (AvgIpc) is 2.62. The Kier molecular flexibility index (Phi) is 4.73. The Hall–Kier alpha value is -2.29. The molecule has 3 aliphatic carbocycles. The lowest BCUT2D eigenvalue weighted by atomic mass is 9.61. The van der Waals surface area contributed by atoms with E-state index in [9.17, 15) is 23.1 Å². The molecule has 1 aromatic heterocycles. The maximum atomic E-state index is 12.7. The molecule has 0 radical (unpaired) electrons. The number of carboxylic acids is 1. The second-order valence-corrected chi connectivity index (χ2v) is 7.59. The van der Waals surface area contributed by atoms with Crippen LogP contribution >= 0.6 is 11.6 Å². The van der Waals surface area contributed by atoms with Gasteiger partial charge in [0.2, 0.25) is 5.28 Å². The molecule has 2 bridgehead atoms. The summed E-state index contributed by atoms with van der Waals surface area (Å²) in [5.41, 5.74) is -0.0878. The van der Waals surface area contributed by atoms with Crippen molar-refractivity contribution < 1.29 is 27.8 Å². The fraction of sp³-hybridized carbons (Fsp3) is 0.500. The number of hydrogen-bond acceptors (Lipinski definition) is 5. The van der Waals surface area contributed by atoms with Gasteiger partial charge >= 0.3 is 12.3 Å². The molecule has 150 valence electrons. The summed E-state index contributed by atoms with van der Waals surface area (Å²) in [7, 11) is 0. The van der Waals surface area contributed by atoms with E-state index in [1.807, 2.05) is 0 Å². The Bertz CT molecular complexity index is 916. The lowest BCUT2D eigenvalue weighted by Crippen LogP contribution is -2.51. The summed E-state index contributed by atoms with van der Waals surface area (Å²) >= 11 is 5.95. The molecule has 1 heterocycles. The standard InChI is InChI=1S/C18H17ClF3N3O3/c19-17-24-14-10(2-1-3-11(14)28-18(20,21)22)15(25-17)23-13-9-6-4-8(5-7-9)12(13)16(26)27/h1-3,8-9,12-13H,4-7H2,(H,26,27)(H,23,24,25). The number of alkyl halides is 3. The van der Waals surface area contributed by atoms with Crippen LogP contribution in [-0.2, 0) is 4.79 Å². The number of fused-ring (bicyclic) bond motifs is 4. The van der Waals surface area contributed by atoms with Crippen LogP contribution in [0, 0.1) is 17.8 Å². The summed E-state index contributed by atoms with van der Waals surface area (Å²) in [5.74, 6) is -1.50. The van der Waals surface area contributed by atoms with Crippen LogP contribution < -0.4 is 10.1 Å². The van der Waals surface area contributed by atoms with E-state index in [0.29, 0.717) is 0 Å². The number of carbonyl (C=O) groups is 1. The second kappa shape index (κ2) is 6.95. The third kappa shape index (κ3) is 3.55. The minimum Gasteiger partial charge on any atom is -0.481 e. The predicted octanol–water partition coefficient (Wildman–Crippen LogP) is 4.48. The van der Waals surface area contributed by atoms with Gasteiger partial charge in [-0.3, -0.25) is 4.79 Å². The highest BCUT2D eigenvalue weighted by atomic mass is 35.5. The van der Waals surface area contributed by atoms with Crippen LogP contribution in [0.5, 0.6) is 5.75 Å². The smallest absolute Gasteiger partial charge is 0.481 e. The van der Waals surface area contributed by atoms with Crippen LogP contribution in [0.4, 0.5) is 19.0 Å². The fourth-order valence-corrected chi connectivity index (χ4v) is 4.75.